The van der Waals surface area contributed by atoms with Crippen molar-refractivity contribution >= 4 is 27.3 Å². The fraction of sp³-hybridized carbons (Fsp3) is 0.600. The summed E-state index contributed by atoms with van der Waals surface area (Å²) in [4.78, 5) is 3.58. The normalized spacial score (nSPS) is 13.5. The minimum atomic E-state index is -0.201. The molecule has 0 aliphatic rings. The van der Waals surface area contributed by atoms with Crippen LogP contribution in [0, 0.1) is 0 Å². The zero-order chi connectivity index (χ0) is 10.6. The Morgan fingerprint density at radius 3 is 2.79 bits per heavy atom. The number of hydrogen-bond donors (Lipinski definition) is 1. The van der Waals surface area contributed by atoms with Gasteiger partial charge in [0.2, 0.25) is 0 Å². The molecule has 0 aliphatic heterocycles. The van der Waals surface area contributed by atoms with E-state index in [1.165, 1.54) is 8.66 Å². The van der Waals surface area contributed by atoms with Crippen LogP contribution in [0.3, 0.4) is 0 Å². The van der Waals surface area contributed by atoms with E-state index in [1.54, 1.807) is 11.3 Å². The van der Waals surface area contributed by atoms with Crippen LogP contribution in [-0.4, -0.2) is 29.7 Å². The van der Waals surface area contributed by atoms with Crippen LogP contribution in [0.25, 0.3) is 0 Å². The maximum Gasteiger partial charge on any atom is 0.0701 e. The lowest BCUT2D eigenvalue weighted by Gasteiger charge is -2.16. The molecule has 0 fully saturated rings. The molecule has 14 heavy (non-hydrogen) atoms. The second-order valence-electron chi connectivity index (χ2n) is 3.58. The molecule has 1 aromatic heterocycles. The molecule has 1 unspecified atom stereocenters. The fourth-order valence-electron chi connectivity index (χ4n) is 1.19. The summed E-state index contributed by atoms with van der Waals surface area (Å²) in [6.07, 6.45) is 0.635. The highest BCUT2D eigenvalue weighted by atomic mass is 79.9. The van der Waals surface area contributed by atoms with Crippen molar-refractivity contribution in [1.82, 2.24) is 4.90 Å². The van der Waals surface area contributed by atoms with E-state index in [1.807, 2.05) is 6.92 Å². The van der Waals surface area contributed by atoms with Crippen molar-refractivity contribution < 1.29 is 5.11 Å². The SMILES string of the molecule is CC(O)CCN(C)Cc1ccc(Br)s1. The first-order chi connectivity index (χ1) is 6.58. The monoisotopic (exact) mass is 277 g/mol. The zero-order valence-electron chi connectivity index (χ0n) is 8.53. The molecule has 4 heteroatoms. The lowest BCUT2D eigenvalue weighted by molar-refractivity contribution is 0.163. The van der Waals surface area contributed by atoms with Crippen molar-refractivity contribution in [2.45, 2.75) is 26.0 Å². The van der Waals surface area contributed by atoms with Crippen molar-refractivity contribution in [3.63, 3.8) is 0 Å². The zero-order valence-corrected chi connectivity index (χ0v) is 10.9. The van der Waals surface area contributed by atoms with Crippen LogP contribution in [0.4, 0.5) is 0 Å². The molecule has 1 atom stereocenters. The maximum absolute atomic E-state index is 9.14. The summed E-state index contributed by atoms with van der Waals surface area (Å²) in [5, 5.41) is 9.14. The van der Waals surface area contributed by atoms with Gasteiger partial charge in [-0.3, -0.25) is 0 Å². The standard InChI is InChI=1S/C10H16BrNOS/c1-8(13)5-6-12(2)7-9-3-4-10(11)14-9/h3-4,8,13H,5-7H2,1-2H3. The summed E-state index contributed by atoms with van der Waals surface area (Å²) in [7, 11) is 2.08. The Morgan fingerprint density at radius 1 is 1.57 bits per heavy atom. The highest BCUT2D eigenvalue weighted by molar-refractivity contribution is 9.11. The van der Waals surface area contributed by atoms with Crippen LogP contribution in [0.2, 0.25) is 0 Å². The first-order valence-corrected chi connectivity index (χ1v) is 6.29. The molecule has 1 rings (SSSR count). The summed E-state index contributed by atoms with van der Waals surface area (Å²) >= 11 is 5.21. The Morgan fingerprint density at radius 2 is 2.29 bits per heavy atom. The molecule has 0 aliphatic carbocycles. The number of aliphatic hydroxyl groups is 1. The second kappa shape index (κ2) is 5.85. The molecule has 1 aromatic rings. The third-order valence-electron chi connectivity index (χ3n) is 1.98. The Hall–Kier alpha value is 0.1000. The smallest absolute Gasteiger partial charge is 0.0701 e. The van der Waals surface area contributed by atoms with E-state index in [2.05, 4.69) is 40.0 Å². The highest BCUT2D eigenvalue weighted by Gasteiger charge is 2.04. The van der Waals surface area contributed by atoms with E-state index < -0.39 is 0 Å². The first kappa shape index (κ1) is 12.2. The molecule has 0 amide bonds. The third-order valence-corrected chi connectivity index (χ3v) is 3.59. The van der Waals surface area contributed by atoms with Gasteiger partial charge >= 0.3 is 0 Å². The molecule has 0 saturated heterocycles. The maximum atomic E-state index is 9.14. The van der Waals surface area contributed by atoms with E-state index in [-0.39, 0.29) is 6.10 Å². The highest BCUT2D eigenvalue weighted by Crippen LogP contribution is 2.22. The van der Waals surface area contributed by atoms with Gasteiger partial charge in [-0.05, 0) is 48.5 Å². The number of rotatable bonds is 5. The fourth-order valence-corrected chi connectivity index (χ4v) is 2.75. The third kappa shape index (κ3) is 4.55. The van der Waals surface area contributed by atoms with Crippen molar-refractivity contribution in [3.8, 4) is 0 Å². The average Bonchev–Trinajstić information content (AvgIpc) is 2.48. The molecule has 0 bridgehead atoms. The molecule has 1 N–H and O–H groups in total. The van der Waals surface area contributed by atoms with Crippen molar-refractivity contribution in [2.24, 2.45) is 0 Å². The summed E-state index contributed by atoms with van der Waals surface area (Å²) in [6, 6.07) is 4.20. The number of hydrogen-bond acceptors (Lipinski definition) is 3. The van der Waals surface area contributed by atoms with Crippen LogP contribution in [0.15, 0.2) is 15.9 Å². The predicted octanol–water partition coefficient (Wildman–Crippen LogP) is 2.71. The van der Waals surface area contributed by atoms with Crippen molar-refractivity contribution in [1.29, 1.82) is 0 Å². The molecular weight excluding hydrogens is 262 g/mol. The molecule has 0 radical (unpaired) electrons. The number of aliphatic hydroxyl groups excluding tert-OH is 1. The summed E-state index contributed by atoms with van der Waals surface area (Å²) in [5.41, 5.74) is 0. The van der Waals surface area contributed by atoms with Gasteiger partial charge in [-0.15, -0.1) is 11.3 Å². The summed E-state index contributed by atoms with van der Waals surface area (Å²) in [6.45, 7) is 3.73. The number of thiophene rings is 1. The van der Waals surface area contributed by atoms with E-state index in [9.17, 15) is 0 Å². The summed E-state index contributed by atoms with van der Waals surface area (Å²) < 4.78 is 1.18. The lowest BCUT2D eigenvalue weighted by atomic mass is 10.3. The van der Waals surface area contributed by atoms with Crippen LogP contribution in [0.1, 0.15) is 18.2 Å². The van der Waals surface area contributed by atoms with Gasteiger partial charge in [0.05, 0.1) is 9.89 Å². The molecule has 80 valence electrons. The van der Waals surface area contributed by atoms with Crippen molar-refractivity contribution in [3.05, 3.63) is 20.8 Å². The number of nitrogens with zero attached hydrogens (tertiary/aromatic N) is 1. The van der Waals surface area contributed by atoms with E-state index in [4.69, 9.17) is 5.11 Å². The van der Waals surface area contributed by atoms with Gasteiger partial charge in [-0.25, -0.2) is 0 Å². The molecular formula is C10H16BrNOS. The molecule has 2 nitrogen and oxygen atoms in total. The topological polar surface area (TPSA) is 23.5 Å². The van der Waals surface area contributed by atoms with E-state index in [0.717, 1.165) is 19.5 Å². The molecule has 0 saturated carbocycles. The van der Waals surface area contributed by atoms with Gasteiger partial charge < -0.3 is 10.0 Å². The van der Waals surface area contributed by atoms with E-state index in [0.29, 0.717) is 0 Å². The second-order valence-corrected chi connectivity index (χ2v) is 6.13. The van der Waals surface area contributed by atoms with Gasteiger partial charge in [0.15, 0.2) is 0 Å². The summed E-state index contributed by atoms with van der Waals surface area (Å²) in [5.74, 6) is 0. The lowest BCUT2D eigenvalue weighted by Crippen LogP contribution is -2.21. The van der Waals surface area contributed by atoms with Crippen LogP contribution >= 0.6 is 27.3 Å². The van der Waals surface area contributed by atoms with Gasteiger partial charge in [-0.1, -0.05) is 0 Å². The van der Waals surface area contributed by atoms with Crippen LogP contribution in [0.5, 0.6) is 0 Å². The Kier molecular flexibility index (Phi) is 5.09. The van der Waals surface area contributed by atoms with Gasteiger partial charge in [0.1, 0.15) is 0 Å². The van der Waals surface area contributed by atoms with Crippen molar-refractivity contribution in [2.75, 3.05) is 13.6 Å². The van der Waals surface area contributed by atoms with Crippen LogP contribution in [-0.2, 0) is 6.54 Å². The molecule has 1 heterocycles. The molecule has 0 aromatic carbocycles. The Balaban J connectivity index is 2.30. The minimum Gasteiger partial charge on any atom is -0.393 e. The Labute approximate surface area is 97.7 Å². The van der Waals surface area contributed by atoms with Gasteiger partial charge in [0.25, 0.3) is 0 Å². The quantitative estimate of drug-likeness (QED) is 0.895. The van der Waals surface area contributed by atoms with Gasteiger partial charge in [0, 0.05) is 18.0 Å². The first-order valence-electron chi connectivity index (χ1n) is 4.68. The minimum absolute atomic E-state index is 0.201. The average molecular weight is 278 g/mol. The molecule has 0 spiro atoms. The predicted molar refractivity (Wildman–Crippen MR) is 64.7 cm³/mol. The number of halogens is 1. The van der Waals surface area contributed by atoms with Gasteiger partial charge in [-0.2, -0.15) is 0 Å². The largest absolute Gasteiger partial charge is 0.393 e. The van der Waals surface area contributed by atoms with E-state index >= 15 is 0 Å². The van der Waals surface area contributed by atoms with Crippen LogP contribution < -0.4 is 0 Å². The Bertz CT molecular complexity index is 275.